The summed E-state index contributed by atoms with van der Waals surface area (Å²) in [5.74, 6) is -0.874. The van der Waals surface area contributed by atoms with Gasteiger partial charge in [0.1, 0.15) is 5.54 Å². The van der Waals surface area contributed by atoms with Crippen LogP contribution in [0.5, 0.6) is 0 Å². The zero-order valence-electron chi connectivity index (χ0n) is 12.3. The Labute approximate surface area is 120 Å². The van der Waals surface area contributed by atoms with Crippen molar-refractivity contribution >= 4 is 11.9 Å². The molecule has 5 heteroatoms. The Hall–Kier alpha value is -1.10. The van der Waals surface area contributed by atoms with Gasteiger partial charge in [-0.25, -0.2) is 0 Å². The molecule has 2 rings (SSSR count). The highest BCUT2D eigenvalue weighted by Crippen LogP contribution is 2.34. The van der Waals surface area contributed by atoms with Crippen molar-refractivity contribution in [3.05, 3.63) is 0 Å². The van der Waals surface area contributed by atoms with E-state index >= 15 is 0 Å². The fourth-order valence-electron chi connectivity index (χ4n) is 3.58. The first-order valence-electron chi connectivity index (χ1n) is 7.80. The van der Waals surface area contributed by atoms with Crippen LogP contribution in [0.25, 0.3) is 0 Å². The van der Waals surface area contributed by atoms with E-state index in [-0.39, 0.29) is 24.3 Å². The number of likely N-dealkylation sites (tertiary alicyclic amines) is 1. The number of hydrogen-bond donors (Lipinski definition) is 2. The third kappa shape index (κ3) is 2.82. The SMILES string of the molecule is CCCCC1CN(C(=O)C2CCCC2)CC1(N)C(=O)O. The lowest BCUT2D eigenvalue weighted by molar-refractivity contribution is -0.144. The predicted octanol–water partition coefficient (Wildman–Crippen LogP) is 1.61. The minimum atomic E-state index is -1.26. The fourth-order valence-corrected chi connectivity index (χ4v) is 3.58. The second-order valence-electron chi connectivity index (χ2n) is 6.38. The summed E-state index contributed by atoms with van der Waals surface area (Å²) in [7, 11) is 0. The van der Waals surface area contributed by atoms with E-state index in [1.807, 2.05) is 0 Å². The number of rotatable bonds is 5. The van der Waals surface area contributed by atoms with E-state index in [9.17, 15) is 14.7 Å². The fraction of sp³-hybridized carbons (Fsp3) is 0.867. The maximum absolute atomic E-state index is 12.5. The molecule has 2 unspecified atom stereocenters. The Kier molecular flexibility index (Phi) is 4.68. The van der Waals surface area contributed by atoms with E-state index in [1.165, 1.54) is 0 Å². The van der Waals surface area contributed by atoms with Crippen molar-refractivity contribution in [2.24, 2.45) is 17.6 Å². The van der Waals surface area contributed by atoms with Crippen molar-refractivity contribution in [2.45, 2.75) is 57.4 Å². The Morgan fingerprint density at radius 3 is 2.55 bits per heavy atom. The van der Waals surface area contributed by atoms with Gasteiger partial charge in [0.15, 0.2) is 0 Å². The smallest absolute Gasteiger partial charge is 0.325 e. The zero-order chi connectivity index (χ0) is 14.8. The van der Waals surface area contributed by atoms with Crippen LogP contribution in [0, 0.1) is 11.8 Å². The van der Waals surface area contributed by atoms with E-state index in [1.54, 1.807) is 4.90 Å². The van der Waals surface area contributed by atoms with Gasteiger partial charge in [-0.1, -0.05) is 32.6 Å². The summed E-state index contributed by atoms with van der Waals surface area (Å²) in [5.41, 5.74) is 4.86. The first-order valence-corrected chi connectivity index (χ1v) is 7.80. The molecule has 5 nitrogen and oxygen atoms in total. The van der Waals surface area contributed by atoms with E-state index in [0.29, 0.717) is 6.54 Å². The lowest BCUT2D eigenvalue weighted by Gasteiger charge is -2.25. The van der Waals surface area contributed by atoms with Gasteiger partial charge in [-0.3, -0.25) is 9.59 Å². The molecule has 1 heterocycles. The van der Waals surface area contributed by atoms with Crippen molar-refractivity contribution < 1.29 is 14.7 Å². The third-order valence-corrected chi connectivity index (χ3v) is 4.94. The minimum Gasteiger partial charge on any atom is -0.480 e. The lowest BCUT2D eigenvalue weighted by Crippen LogP contribution is -2.55. The number of unbranched alkanes of at least 4 members (excludes halogenated alkanes) is 1. The molecular weight excluding hydrogens is 256 g/mol. The Bertz CT molecular complexity index is 379. The minimum absolute atomic E-state index is 0.0953. The molecule has 2 atom stereocenters. The average Bonchev–Trinajstić information content (AvgIpc) is 3.04. The van der Waals surface area contributed by atoms with Crippen LogP contribution in [0.4, 0.5) is 0 Å². The van der Waals surface area contributed by atoms with Crippen LogP contribution in [0.15, 0.2) is 0 Å². The molecule has 2 aliphatic rings. The van der Waals surface area contributed by atoms with Crippen LogP contribution in [-0.4, -0.2) is 40.5 Å². The van der Waals surface area contributed by atoms with Gasteiger partial charge in [-0.15, -0.1) is 0 Å². The van der Waals surface area contributed by atoms with E-state index < -0.39 is 11.5 Å². The number of carbonyl (C=O) groups is 2. The van der Waals surface area contributed by atoms with Crippen molar-refractivity contribution in [2.75, 3.05) is 13.1 Å². The Morgan fingerprint density at radius 2 is 2.00 bits per heavy atom. The van der Waals surface area contributed by atoms with Gasteiger partial charge in [0, 0.05) is 24.9 Å². The lowest BCUT2D eigenvalue weighted by atomic mass is 9.84. The summed E-state index contributed by atoms with van der Waals surface area (Å²) in [5, 5.41) is 9.44. The molecule has 0 bridgehead atoms. The Balaban J connectivity index is 2.06. The number of aliphatic carboxylic acids is 1. The normalized spacial score (nSPS) is 30.9. The molecule has 1 saturated carbocycles. The summed E-state index contributed by atoms with van der Waals surface area (Å²) >= 11 is 0. The highest BCUT2D eigenvalue weighted by Gasteiger charge is 2.51. The van der Waals surface area contributed by atoms with Gasteiger partial charge in [0.25, 0.3) is 0 Å². The van der Waals surface area contributed by atoms with Crippen molar-refractivity contribution in [1.82, 2.24) is 4.90 Å². The van der Waals surface area contributed by atoms with Gasteiger partial charge in [-0.05, 0) is 19.3 Å². The number of amides is 1. The van der Waals surface area contributed by atoms with Crippen molar-refractivity contribution in [3.8, 4) is 0 Å². The van der Waals surface area contributed by atoms with Gasteiger partial charge < -0.3 is 15.7 Å². The number of nitrogens with zero attached hydrogens (tertiary/aromatic N) is 1. The number of carbonyl (C=O) groups excluding carboxylic acids is 1. The molecule has 20 heavy (non-hydrogen) atoms. The van der Waals surface area contributed by atoms with E-state index in [0.717, 1.165) is 44.9 Å². The largest absolute Gasteiger partial charge is 0.480 e. The molecule has 0 aromatic rings. The Morgan fingerprint density at radius 1 is 1.35 bits per heavy atom. The molecular formula is C15H26N2O3. The molecule has 1 saturated heterocycles. The topological polar surface area (TPSA) is 83.6 Å². The zero-order valence-corrected chi connectivity index (χ0v) is 12.3. The van der Waals surface area contributed by atoms with Crippen LogP contribution in [0.1, 0.15) is 51.9 Å². The van der Waals surface area contributed by atoms with Gasteiger partial charge in [0.05, 0.1) is 0 Å². The standard InChI is InChI=1S/C15H26N2O3/c1-2-3-8-12-9-17(10-15(12,16)14(19)20)13(18)11-6-4-5-7-11/h11-12H,2-10,16H2,1H3,(H,19,20). The number of nitrogens with two attached hydrogens (primary N) is 1. The van der Waals surface area contributed by atoms with E-state index in [4.69, 9.17) is 5.73 Å². The van der Waals surface area contributed by atoms with Crippen molar-refractivity contribution in [1.29, 1.82) is 0 Å². The molecule has 0 aromatic carbocycles. The van der Waals surface area contributed by atoms with Crippen LogP contribution in [-0.2, 0) is 9.59 Å². The van der Waals surface area contributed by atoms with Crippen LogP contribution >= 0.6 is 0 Å². The van der Waals surface area contributed by atoms with Crippen LogP contribution in [0.3, 0.4) is 0 Å². The maximum atomic E-state index is 12.5. The maximum Gasteiger partial charge on any atom is 0.325 e. The molecule has 0 radical (unpaired) electrons. The molecule has 0 aromatic heterocycles. The monoisotopic (exact) mass is 282 g/mol. The molecule has 1 aliphatic heterocycles. The average molecular weight is 282 g/mol. The molecule has 1 amide bonds. The highest BCUT2D eigenvalue weighted by atomic mass is 16.4. The second kappa shape index (κ2) is 6.12. The van der Waals surface area contributed by atoms with Crippen molar-refractivity contribution in [3.63, 3.8) is 0 Å². The van der Waals surface area contributed by atoms with Crippen LogP contribution < -0.4 is 5.73 Å². The van der Waals surface area contributed by atoms with E-state index in [2.05, 4.69) is 6.92 Å². The third-order valence-electron chi connectivity index (χ3n) is 4.94. The van der Waals surface area contributed by atoms with Crippen LogP contribution in [0.2, 0.25) is 0 Å². The quantitative estimate of drug-likeness (QED) is 0.802. The molecule has 3 N–H and O–H groups in total. The first kappa shape index (κ1) is 15.3. The van der Waals surface area contributed by atoms with Gasteiger partial charge in [-0.2, -0.15) is 0 Å². The molecule has 114 valence electrons. The summed E-state index contributed by atoms with van der Waals surface area (Å²) in [6.45, 7) is 2.76. The van der Waals surface area contributed by atoms with Gasteiger partial charge in [0.2, 0.25) is 5.91 Å². The summed E-state index contributed by atoms with van der Waals surface area (Å²) in [6.07, 6.45) is 6.87. The summed E-state index contributed by atoms with van der Waals surface area (Å²) < 4.78 is 0. The second-order valence-corrected chi connectivity index (χ2v) is 6.38. The summed E-state index contributed by atoms with van der Waals surface area (Å²) in [6, 6.07) is 0. The number of carboxylic acids is 1. The predicted molar refractivity (Wildman–Crippen MR) is 76.1 cm³/mol. The number of hydrogen-bond acceptors (Lipinski definition) is 3. The molecule has 1 aliphatic carbocycles. The number of carboxylic acid groups (broad SMARTS) is 1. The first-order chi connectivity index (χ1) is 9.49. The molecule has 0 spiro atoms. The highest BCUT2D eigenvalue weighted by molar-refractivity contribution is 5.84. The van der Waals surface area contributed by atoms with Gasteiger partial charge >= 0.3 is 5.97 Å². The molecule has 2 fully saturated rings. The summed E-state index contributed by atoms with van der Waals surface area (Å²) in [4.78, 5) is 25.7.